The second kappa shape index (κ2) is 10.0. The maximum atomic E-state index is 12.3. The van der Waals surface area contributed by atoms with Gasteiger partial charge in [-0.25, -0.2) is 0 Å². The molecule has 1 aromatic carbocycles. The highest BCUT2D eigenvalue weighted by Crippen LogP contribution is 2.19. The van der Waals surface area contributed by atoms with E-state index >= 15 is 0 Å². The number of hydrogen-bond donors (Lipinski definition) is 3. The van der Waals surface area contributed by atoms with E-state index in [9.17, 15) is 4.79 Å². The molecule has 25 heavy (non-hydrogen) atoms. The molecule has 2 aromatic rings. The molecule has 2 heterocycles. The van der Waals surface area contributed by atoms with Crippen molar-refractivity contribution < 1.29 is 4.79 Å². The van der Waals surface area contributed by atoms with Crippen molar-refractivity contribution in [1.82, 2.24) is 15.2 Å². The van der Waals surface area contributed by atoms with Crippen molar-refractivity contribution in [2.24, 2.45) is 11.7 Å². The fraction of sp³-hybridized carbons (Fsp3) is 0.500. The summed E-state index contributed by atoms with van der Waals surface area (Å²) in [6, 6.07) is 7.59. The predicted octanol–water partition coefficient (Wildman–Crippen LogP) is 2.34. The number of nitrogens with one attached hydrogen (secondary N) is 2. The SMILES string of the molecule is CCN1CCC(CNC(=O)[C@@H](N)Cc2c[nH]c3ccccc23)C1.Cl.Cl. The lowest BCUT2D eigenvalue weighted by molar-refractivity contribution is -0.122. The number of benzene rings is 1. The van der Waals surface area contributed by atoms with Crippen molar-refractivity contribution in [2.75, 3.05) is 26.2 Å². The molecule has 140 valence electrons. The molecule has 1 aliphatic rings. The molecular weight excluding hydrogens is 359 g/mol. The van der Waals surface area contributed by atoms with E-state index in [0.717, 1.165) is 49.1 Å². The lowest BCUT2D eigenvalue weighted by Crippen LogP contribution is -2.43. The molecule has 1 aromatic heterocycles. The Kier molecular flexibility index (Phi) is 8.73. The number of fused-ring (bicyclic) bond motifs is 1. The molecule has 1 unspecified atom stereocenters. The van der Waals surface area contributed by atoms with Crippen LogP contribution < -0.4 is 11.1 Å². The van der Waals surface area contributed by atoms with Gasteiger partial charge in [0.1, 0.15) is 0 Å². The molecule has 4 N–H and O–H groups in total. The molecule has 1 fully saturated rings. The molecule has 1 saturated heterocycles. The highest BCUT2D eigenvalue weighted by Gasteiger charge is 2.23. The number of likely N-dealkylation sites (tertiary alicyclic amines) is 1. The second-order valence-corrected chi connectivity index (χ2v) is 6.46. The van der Waals surface area contributed by atoms with Crippen LogP contribution in [0.3, 0.4) is 0 Å². The van der Waals surface area contributed by atoms with E-state index in [1.165, 1.54) is 0 Å². The van der Waals surface area contributed by atoms with Crippen molar-refractivity contribution in [2.45, 2.75) is 25.8 Å². The molecular formula is C18H28Cl2N4O. The van der Waals surface area contributed by atoms with Crippen molar-refractivity contribution >= 4 is 41.6 Å². The Labute approximate surface area is 161 Å². The van der Waals surface area contributed by atoms with Gasteiger partial charge in [0.05, 0.1) is 6.04 Å². The maximum Gasteiger partial charge on any atom is 0.237 e. The van der Waals surface area contributed by atoms with Crippen LogP contribution >= 0.6 is 24.8 Å². The Morgan fingerprint density at radius 3 is 2.88 bits per heavy atom. The monoisotopic (exact) mass is 386 g/mol. The van der Waals surface area contributed by atoms with Gasteiger partial charge in [-0.05, 0) is 43.5 Å². The van der Waals surface area contributed by atoms with Crippen LogP contribution in [-0.2, 0) is 11.2 Å². The van der Waals surface area contributed by atoms with Crippen molar-refractivity contribution in [3.8, 4) is 0 Å². The first kappa shape index (κ1) is 21.8. The third-order valence-corrected chi connectivity index (χ3v) is 4.83. The first-order chi connectivity index (χ1) is 11.2. The third-order valence-electron chi connectivity index (χ3n) is 4.83. The predicted molar refractivity (Wildman–Crippen MR) is 108 cm³/mol. The maximum absolute atomic E-state index is 12.3. The number of aromatic amines is 1. The van der Waals surface area contributed by atoms with Gasteiger partial charge in [-0.1, -0.05) is 25.1 Å². The largest absolute Gasteiger partial charge is 0.361 e. The summed E-state index contributed by atoms with van der Waals surface area (Å²) in [6.45, 7) is 6.21. The summed E-state index contributed by atoms with van der Waals surface area (Å²) in [4.78, 5) is 17.9. The smallest absolute Gasteiger partial charge is 0.237 e. The van der Waals surface area contributed by atoms with Gasteiger partial charge in [0.15, 0.2) is 0 Å². The molecule has 1 amide bonds. The zero-order chi connectivity index (χ0) is 16.2. The highest BCUT2D eigenvalue weighted by atomic mass is 35.5. The minimum absolute atomic E-state index is 0. The number of aromatic nitrogens is 1. The molecule has 0 saturated carbocycles. The van der Waals surface area contributed by atoms with Gasteiger partial charge >= 0.3 is 0 Å². The van der Waals surface area contributed by atoms with E-state index in [2.05, 4.69) is 28.2 Å². The summed E-state index contributed by atoms with van der Waals surface area (Å²) < 4.78 is 0. The van der Waals surface area contributed by atoms with Crippen LogP contribution in [-0.4, -0.2) is 48.0 Å². The van der Waals surface area contributed by atoms with Crippen LogP contribution in [0.1, 0.15) is 18.9 Å². The summed E-state index contributed by atoms with van der Waals surface area (Å²) in [5.41, 5.74) is 8.28. The summed E-state index contributed by atoms with van der Waals surface area (Å²) in [6.07, 6.45) is 3.67. The number of amides is 1. The van der Waals surface area contributed by atoms with Crippen LogP contribution in [0, 0.1) is 5.92 Å². The lowest BCUT2D eigenvalue weighted by atomic mass is 10.0. The van der Waals surface area contributed by atoms with E-state index < -0.39 is 6.04 Å². The Morgan fingerprint density at radius 1 is 1.40 bits per heavy atom. The standard InChI is InChI=1S/C18H26N4O.2ClH/c1-2-22-8-7-13(12-22)10-21-18(23)16(19)9-14-11-20-17-6-4-3-5-15(14)17;;/h3-6,11,13,16,20H,2,7-10,12,19H2,1H3,(H,21,23);2*1H/t13?,16-;;/m0../s1. The number of H-pyrrole nitrogens is 1. The van der Waals surface area contributed by atoms with Crippen LogP contribution in [0.15, 0.2) is 30.5 Å². The molecule has 0 radical (unpaired) electrons. The summed E-state index contributed by atoms with van der Waals surface area (Å²) in [7, 11) is 0. The number of halogens is 2. The van der Waals surface area contributed by atoms with Gasteiger partial charge < -0.3 is 20.9 Å². The van der Waals surface area contributed by atoms with Gasteiger partial charge in [0.25, 0.3) is 0 Å². The number of para-hydroxylation sites is 1. The van der Waals surface area contributed by atoms with Crippen molar-refractivity contribution in [3.05, 3.63) is 36.0 Å². The molecule has 2 atom stereocenters. The first-order valence-electron chi connectivity index (χ1n) is 8.48. The Balaban J connectivity index is 0.00000156. The zero-order valence-electron chi connectivity index (χ0n) is 14.5. The van der Waals surface area contributed by atoms with Crippen LogP contribution in [0.5, 0.6) is 0 Å². The molecule has 1 aliphatic heterocycles. The average Bonchev–Trinajstić information content (AvgIpc) is 3.20. The third kappa shape index (κ3) is 5.35. The average molecular weight is 387 g/mol. The van der Waals surface area contributed by atoms with Crippen LogP contribution in [0.2, 0.25) is 0 Å². The number of nitrogens with zero attached hydrogens (tertiary/aromatic N) is 1. The highest BCUT2D eigenvalue weighted by molar-refractivity contribution is 5.86. The van der Waals surface area contributed by atoms with Crippen LogP contribution in [0.4, 0.5) is 0 Å². The summed E-state index contributed by atoms with van der Waals surface area (Å²) >= 11 is 0. The van der Waals surface area contributed by atoms with E-state index in [1.54, 1.807) is 0 Å². The van der Waals surface area contributed by atoms with Crippen LogP contribution in [0.25, 0.3) is 10.9 Å². The quantitative estimate of drug-likeness (QED) is 0.712. The molecule has 0 spiro atoms. The molecule has 3 rings (SSSR count). The summed E-state index contributed by atoms with van der Waals surface area (Å²) in [5, 5.41) is 4.17. The van der Waals surface area contributed by atoms with E-state index in [-0.39, 0.29) is 30.7 Å². The molecule has 5 nitrogen and oxygen atoms in total. The number of hydrogen-bond acceptors (Lipinski definition) is 3. The Bertz CT molecular complexity index is 676. The van der Waals surface area contributed by atoms with Gasteiger partial charge in [-0.3, -0.25) is 4.79 Å². The number of carbonyl (C=O) groups excluding carboxylic acids is 1. The van der Waals surface area contributed by atoms with Gasteiger partial charge in [0, 0.05) is 30.2 Å². The van der Waals surface area contributed by atoms with Gasteiger partial charge in [-0.15, -0.1) is 24.8 Å². The van der Waals surface area contributed by atoms with E-state index in [4.69, 9.17) is 5.73 Å². The van der Waals surface area contributed by atoms with E-state index in [0.29, 0.717) is 12.3 Å². The molecule has 7 heteroatoms. The Morgan fingerprint density at radius 2 is 2.16 bits per heavy atom. The minimum Gasteiger partial charge on any atom is -0.361 e. The van der Waals surface area contributed by atoms with E-state index in [1.807, 2.05) is 24.4 Å². The number of carbonyl (C=O) groups is 1. The zero-order valence-corrected chi connectivity index (χ0v) is 16.2. The molecule has 0 aliphatic carbocycles. The Hall–Kier alpha value is -1.27. The topological polar surface area (TPSA) is 74.2 Å². The van der Waals surface area contributed by atoms with Gasteiger partial charge in [-0.2, -0.15) is 0 Å². The normalized spacial score (nSPS) is 18.4. The minimum atomic E-state index is -0.502. The van der Waals surface area contributed by atoms with Crippen molar-refractivity contribution in [3.63, 3.8) is 0 Å². The first-order valence-corrected chi connectivity index (χ1v) is 8.48. The second-order valence-electron chi connectivity index (χ2n) is 6.46. The van der Waals surface area contributed by atoms with Gasteiger partial charge in [0.2, 0.25) is 5.91 Å². The molecule has 0 bridgehead atoms. The number of rotatable bonds is 6. The van der Waals surface area contributed by atoms with Crippen molar-refractivity contribution in [1.29, 1.82) is 0 Å². The fourth-order valence-corrected chi connectivity index (χ4v) is 3.37. The summed E-state index contributed by atoms with van der Waals surface area (Å²) in [5.74, 6) is 0.504. The lowest BCUT2D eigenvalue weighted by Gasteiger charge is -2.16. The number of nitrogens with two attached hydrogens (primary N) is 1. The fourth-order valence-electron chi connectivity index (χ4n) is 3.37.